The summed E-state index contributed by atoms with van der Waals surface area (Å²) >= 11 is 0. The highest BCUT2D eigenvalue weighted by atomic mass is 15.3. The molecule has 1 heterocycles. The molecule has 4 rings (SSSR count). The first-order chi connectivity index (χ1) is 10.9. The summed E-state index contributed by atoms with van der Waals surface area (Å²) < 4.78 is 0. The Balaban J connectivity index is 1.53. The number of benzene rings is 2. The van der Waals surface area contributed by atoms with Crippen LogP contribution in [0.25, 0.3) is 0 Å². The van der Waals surface area contributed by atoms with Crippen LogP contribution in [0, 0.1) is 11.8 Å². The zero-order valence-corrected chi connectivity index (χ0v) is 12.8. The van der Waals surface area contributed by atoms with Crippen LogP contribution in [0.4, 0.5) is 0 Å². The normalized spacial score (nSPS) is 26.9. The number of rotatable bonds is 3. The second-order valence-corrected chi connectivity index (χ2v) is 6.48. The zero-order valence-electron chi connectivity index (χ0n) is 12.8. The molecule has 0 spiro atoms. The number of hydrogen-bond acceptors (Lipinski definition) is 2. The van der Waals surface area contributed by atoms with Crippen molar-refractivity contribution in [3.8, 4) is 0 Å². The number of hydrogen-bond donors (Lipinski definition) is 1. The number of nitrogens with zero attached hydrogens (tertiary/aromatic N) is 1. The van der Waals surface area contributed by atoms with Crippen molar-refractivity contribution in [2.45, 2.75) is 31.7 Å². The lowest BCUT2D eigenvalue weighted by molar-refractivity contribution is 0.400. The minimum absolute atomic E-state index is 0.370. The van der Waals surface area contributed by atoms with E-state index in [0.29, 0.717) is 17.9 Å². The highest BCUT2D eigenvalue weighted by molar-refractivity contribution is 5.91. The van der Waals surface area contributed by atoms with Gasteiger partial charge in [-0.1, -0.05) is 67.1 Å². The van der Waals surface area contributed by atoms with E-state index in [9.17, 15) is 0 Å². The molecule has 2 aromatic rings. The summed E-state index contributed by atoms with van der Waals surface area (Å²) in [5.41, 5.74) is 7.62. The van der Waals surface area contributed by atoms with E-state index in [1.807, 2.05) is 0 Å². The van der Waals surface area contributed by atoms with Crippen molar-refractivity contribution >= 4 is 5.71 Å². The Labute approximate surface area is 132 Å². The average molecular weight is 290 g/mol. The van der Waals surface area contributed by atoms with Crippen molar-refractivity contribution in [2.75, 3.05) is 0 Å². The van der Waals surface area contributed by atoms with Gasteiger partial charge in [0.05, 0.1) is 6.04 Å². The summed E-state index contributed by atoms with van der Waals surface area (Å²) in [7, 11) is 0. The molecule has 2 nitrogen and oxygen atoms in total. The predicted molar refractivity (Wildman–Crippen MR) is 90.7 cm³/mol. The fourth-order valence-corrected chi connectivity index (χ4v) is 4.00. The van der Waals surface area contributed by atoms with Crippen molar-refractivity contribution in [1.82, 2.24) is 5.43 Å². The van der Waals surface area contributed by atoms with E-state index in [0.717, 1.165) is 6.42 Å². The second kappa shape index (κ2) is 5.96. The standard InChI is InChI=1S/C20H22N2/c1-3-8-15(9-4-1)14-17-12-7-13-18-19(21-22-20(17)18)16-10-5-2-6-11-16/h1-6,8-11,17-19,21H,7,12-14H2. The molecule has 3 atom stereocenters. The van der Waals surface area contributed by atoms with Crippen LogP contribution >= 0.6 is 0 Å². The molecule has 2 heteroatoms. The summed E-state index contributed by atoms with van der Waals surface area (Å²) in [6.07, 6.45) is 4.97. The van der Waals surface area contributed by atoms with Gasteiger partial charge in [-0.2, -0.15) is 5.10 Å². The molecule has 0 amide bonds. The van der Waals surface area contributed by atoms with Gasteiger partial charge in [-0.05, 0) is 30.4 Å². The molecule has 1 saturated carbocycles. The first-order valence-electron chi connectivity index (χ1n) is 8.33. The largest absolute Gasteiger partial charge is 0.302 e. The summed E-state index contributed by atoms with van der Waals surface area (Å²) in [5, 5.41) is 4.76. The van der Waals surface area contributed by atoms with E-state index < -0.39 is 0 Å². The number of nitrogens with one attached hydrogen (secondary N) is 1. The summed E-state index contributed by atoms with van der Waals surface area (Å²) in [5.74, 6) is 1.17. The van der Waals surface area contributed by atoms with Crippen molar-refractivity contribution in [3.63, 3.8) is 0 Å². The van der Waals surface area contributed by atoms with Gasteiger partial charge < -0.3 is 5.43 Å². The number of fused-ring (bicyclic) bond motifs is 1. The van der Waals surface area contributed by atoms with Crippen LogP contribution in [0.5, 0.6) is 0 Å². The molecular weight excluding hydrogens is 268 g/mol. The third-order valence-electron chi connectivity index (χ3n) is 5.08. The zero-order chi connectivity index (χ0) is 14.8. The molecule has 1 N–H and O–H groups in total. The lowest BCUT2D eigenvalue weighted by atomic mass is 9.73. The lowest BCUT2D eigenvalue weighted by Gasteiger charge is -2.30. The van der Waals surface area contributed by atoms with Gasteiger partial charge in [-0.3, -0.25) is 0 Å². The Bertz CT molecular complexity index is 648. The van der Waals surface area contributed by atoms with Crippen LogP contribution in [0.2, 0.25) is 0 Å². The van der Waals surface area contributed by atoms with Crippen molar-refractivity contribution in [2.24, 2.45) is 16.9 Å². The molecular formula is C20H22N2. The first kappa shape index (κ1) is 13.6. The summed E-state index contributed by atoms with van der Waals surface area (Å²) in [4.78, 5) is 0. The molecule has 3 unspecified atom stereocenters. The third kappa shape index (κ3) is 2.54. The van der Waals surface area contributed by atoms with Gasteiger partial charge in [0.2, 0.25) is 0 Å². The van der Waals surface area contributed by atoms with Crippen molar-refractivity contribution in [1.29, 1.82) is 0 Å². The fraction of sp³-hybridized carbons (Fsp3) is 0.350. The van der Waals surface area contributed by atoms with Gasteiger partial charge in [0, 0.05) is 17.5 Å². The molecule has 2 aliphatic rings. The van der Waals surface area contributed by atoms with Gasteiger partial charge in [-0.25, -0.2) is 0 Å². The summed E-state index contributed by atoms with van der Waals surface area (Å²) in [6, 6.07) is 22.0. The Hall–Kier alpha value is -2.09. The maximum absolute atomic E-state index is 4.76. The van der Waals surface area contributed by atoms with Gasteiger partial charge in [0.25, 0.3) is 0 Å². The van der Waals surface area contributed by atoms with Crippen molar-refractivity contribution < 1.29 is 0 Å². The van der Waals surface area contributed by atoms with E-state index in [4.69, 9.17) is 5.10 Å². The predicted octanol–water partition coefficient (Wildman–Crippen LogP) is 4.35. The van der Waals surface area contributed by atoms with Crippen LogP contribution in [0.3, 0.4) is 0 Å². The maximum atomic E-state index is 4.76. The van der Waals surface area contributed by atoms with Crippen LogP contribution in [0.1, 0.15) is 36.4 Å². The molecule has 1 aliphatic carbocycles. The van der Waals surface area contributed by atoms with E-state index in [-0.39, 0.29) is 0 Å². The average Bonchev–Trinajstić information content (AvgIpc) is 3.02. The first-order valence-corrected chi connectivity index (χ1v) is 8.33. The molecule has 1 aliphatic heterocycles. The molecule has 1 fully saturated rings. The third-order valence-corrected chi connectivity index (χ3v) is 5.08. The van der Waals surface area contributed by atoms with Gasteiger partial charge in [0.1, 0.15) is 0 Å². The minimum atomic E-state index is 0.370. The molecule has 0 aromatic heterocycles. The smallest absolute Gasteiger partial charge is 0.0770 e. The van der Waals surface area contributed by atoms with Gasteiger partial charge in [0.15, 0.2) is 0 Å². The van der Waals surface area contributed by atoms with E-state index in [1.54, 1.807) is 0 Å². The topological polar surface area (TPSA) is 24.4 Å². The number of hydrazone groups is 1. The fourth-order valence-electron chi connectivity index (χ4n) is 4.00. The van der Waals surface area contributed by atoms with Gasteiger partial charge >= 0.3 is 0 Å². The molecule has 2 aromatic carbocycles. The Kier molecular flexibility index (Phi) is 3.67. The monoisotopic (exact) mass is 290 g/mol. The molecule has 0 saturated heterocycles. The highest BCUT2D eigenvalue weighted by Crippen LogP contribution is 2.39. The van der Waals surface area contributed by atoms with E-state index in [1.165, 1.54) is 36.1 Å². The van der Waals surface area contributed by atoms with Crippen LogP contribution in [0.15, 0.2) is 65.8 Å². The SMILES string of the molecule is c1ccc(CC2CCCC3C2=NNC3c2ccccc2)cc1. The van der Waals surface area contributed by atoms with Gasteiger partial charge in [-0.15, -0.1) is 0 Å². The maximum Gasteiger partial charge on any atom is 0.0770 e. The lowest BCUT2D eigenvalue weighted by Crippen LogP contribution is -2.31. The quantitative estimate of drug-likeness (QED) is 0.893. The van der Waals surface area contributed by atoms with E-state index in [2.05, 4.69) is 66.1 Å². The Morgan fingerprint density at radius 3 is 2.41 bits per heavy atom. The Morgan fingerprint density at radius 2 is 1.64 bits per heavy atom. The van der Waals surface area contributed by atoms with Crippen LogP contribution < -0.4 is 5.43 Å². The molecule has 0 radical (unpaired) electrons. The molecule has 22 heavy (non-hydrogen) atoms. The highest BCUT2D eigenvalue weighted by Gasteiger charge is 2.38. The summed E-state index contributed by atoms with van der Waals surface area (Å²) in [6.45, 7) is 0. The van der Waals surface area contributed by atoms with Crippen molar-refractivity contribution in [3.05, 3.63) is 71.8 Å². The minimum Gasteiger partial charge on any atom is -0.302 e. The van der Waals surface area contributed by atoms with E-state index >= 15 is 0 Å². The second-order valence-electron chi connectivity index (χ2n) is 6.48. The Morgan fingerprint density at radius 1 is 0.909 bits per heavy atom. The van der Waals surface area contributed by atoms with Crippen LogP contribution in [-0.2, 0) is 6.42 Å². The molecule has 0 bridgehead atoms. The van der Waals surface area contributed by atoms with Crippen LogP contribution in [-0.4, -0.2) is 5.71 Å². The molecule has 112 valence electrons.